The van der Waals surface area contributed by atoms with Crippen LogP contribution in [0.3, 0.4) is 0 Å². The summed E-state index contributed by atoms with van der Waals surface area (Å²) in [6, 6.07) is 13.0. The van der Waals surface area contributed by atoms with Gasteiger partial charge in [-0.1, -0.05) is 23.4 Å². The van der Waals surface area contributed by atoms with Gasteiger partial charge in [-0.15, -0.1) is 0 Å². The normalized spacial score (nSPS) is 10.3. The van der Waals surface area contributed by atoms with E-state index in [9.17, 15) is 0 Å². The summed E-state index contributed by atoms with van der Waals surface area (Å²) >= 11 is 5.33. The quantitative estimate of drug-likeness (QED) is 0.708. The van der Waals surface area contributed by atoms with Gasteiger partial charge in [0.1, 0.15) is 16.9 Å². The number of anilines is 2. The molecule has 0 aliphatic rings. The zero-order chi connectivity index (χ0) is 16.2. The van der Waals surface area contributed by atoms with E-state index in [0.29, 0.717) is 28.0 Å². The summed E-state index contributed by atoms with van der Waals surface area (Å²) in [5, 5.41) is 11.2. The molecule has 0 radical (unpaired) electrons. The molecule has 0 atom stereocenters. The van der Waals surface area contributed by atoms with Crippen LogP contribution in [0.4, 0.5) is 11.5 Å². The van der Waals surface area contributed by atoms with Gasteiger partial charge in [-0.2, -0.15) is 0 Å². The molecule has 3 rings (SSSR count). The van der Waals surface area contributed by atoms with Crippen LogP contribution in [-0.2, 0) is 0 Å². The summed E-state index contributed by atoms with van der Waals surface area (Å²) in [6.07, 6.45) is 0. The first-order valence-corrected chi connectivity index (χ1v) is 7.27. The van der Waals surface area contributed by atoms with E-state index < -0.39 is 0 Å². The molecule has 0 unspecified atom stereocenters. The molecule has 0 amide bonds. The topological polar surface area (TPSA) is 68.5 Å². The second-order valence-electron chi connectivity index (χ2n) is 4.64. The van der Waals surface area contributed by atoms with E-state index >= 15 is 0 Å². The number of nitrogens with zero attached hydrogens (tertiary/aromatic N) is 1. The van der Waals surface area contributed by atoms with Crippen molar-refractivity contribution in [2.75, 3.05) is 24.9 Å². The number of fused-ring (bicyclic) bond motifs is 1. The molecule has 0 aliphatic carbocycles. The number of rotatable bonds is 4. The molecule has 1 heterocycles. The largest absolute Gasteiger partial charge is 0.496 e. The van der Waals surface area contributed by atoms with Crippen molar-refractivity contribution in [2.45, 2.75) is 0 Å². The van der Waals surface area contributed by atoms with Gasteiger partial charge in [-0.3, -0.25) is 0 Å². The van der Waals surface area contributed by atoms with Crippen molar-refractivity contribution < 1.29 is 14.0 Å². The summed E-state index contributed by atoms with van der Waals surface area (Å²) in [6.45, 7) is 0. The van der Waals surface area contributed by atoms with Crippen molar-refractivity contribution in [1.29, 1.82) is 0 Å². The zero-order valence-corrected chi connectivity index (χ0v) is 13.4. The van der Waals surface area contributed by atoms with Gasteiger partial charge in [-0.25, -0.2) is 0 Å². The monoisotopic (exact) mass is 329 g/mol. The first-order valence-electron chi connectivity index (χ1n) is 6.86. The molecule has 2 aromatic carbocycles. The lowest BCUT2D eigenvalue weighted by atomic mass is 10.2. The molecule has 6 nitrogen and oxygen atoms in total. The Balaban J connectivity index is 1.83. The molecule has 2 N–H and O–H groups in total. The summed E-state index contributed by atoms with van der Waals surface area (Å²) in [4.78, 5) is 0. The van der Waals surface area contributed by atoms with Crippen LogP contribution in [0, 0.1) is 0 Å². The van der Waals surface area contributed by atoms with Crippen LogP contribution in [0.25, 0.3) is 11.0 Å². The molecule has 0 bridgehead atoms. The number of hydrogen-bond acceptors (Lipinski definition) is 5. The number of hydrogen-bond donors (Lipinski definition) is 2. The third-order valence-corrected chi connectivity index (χ3v) is 3.47. The Kier molecular flexibility index (Phi) is 4.29. The summed E-state index contributed by atoms with van der Waals surface area (Å²) < 4.78 is 15.9. The standard InChI is InChI=1S/C16H15N3O3S/c1-20-11-7-4-3-6-10(11)17-16(23)18-15-14-12(21-2)8-5-9-13(14)22-19-15/h3-9H,1-2H3,(H2,17,18,19,23). The maximum Gasteiger partial charge on any atom is 0.187 e. The third-order valence-electron chi connectivity index (χ3n) is 3.27. The van der Waals surface area contributed by atoms with Gasteiger partial charge in [0.25, 0.3) is 0 Å². The van der Waals surface area contributed by atoms with Gasteiger partial charge in [0.05, 0.1) is 19.9 Å². The van der Waals surface area contributed by atoms with Crippen molar-refractivity contribution in [1.82, 2.24) is 5.16 Å². The van der Waals surface area contributed by atoms with Crippen LogP contribution in [0.5, 0.6) is 11.5 Å². The Labute approximate surface area is 138 Å². The second kappa shape index (κ2) is 6.53. The SMILES string of the molecule is COc1ccccc1NC(=S)Nc1noc2cccc(OC)c12. The van der Waals surface area contributed by atoms with Crippen molar-refractivity contribution in [3.8, 4) is 11.5 Å². The molecular weight excluding hydrogens is 314 g/mol. The minimum Gasteiger partial charge on any atom is -0.496 e. The van der Waals surface area contributed by atoms with Crippen molar-refractivity contribution >= 4 is 39.8 Å². The fourth-order valence-electron chi connectivity index (χ4n) is 2.23. The lowest BCUT2D eigenvalue weighted by Crippen LogP contribution is -2.19. The highest BCUT2D eigenvalue weighted by molar-refractivity contribution is 7.80. The number of aromatic nitrogens is 1. The van der Waals surface area contributed by atoms with Gasteiger partial charge >= 0.3 is 0 Å². The summed E-state index contributed by atoms with van der Waals surface area (Å²) in [5.41, 5.74) is 1.37. The lowest BCUT2D eigenvalue weighted by Gasteiger charge is -2.12. The summed E-state index contributed by atoms with van der Waals surface area (Å²) in [7, 11) is 3.20. The predicted molar refractivity (Wildman–Crippen MR) is 93.4 cm³/mol. The fraction of sp³-hybridized carbons (Fsp3) is 0.125. The Hall–Kier alpha value is -2.80. The molecule has 1 aromatic heterocycles. The Morgan fingerprint density at radius 1 is 1.00 bits per heavy atom. The molecule has 7 heteroatoms. The summed E-state index contributed by atoms with van der Waals surface area (Å²) in [5.74, 6) is 1.84. The van der Waals surface area contributed by atoms with Crippen LogP contribution < -0.4 is 20.1 Å². The molecule has 0 aliphatic heterocycles. The number of thiocarbonyl (C=S) groups is 1. The third kappa shape index (κ3) is 3.04. The number of nitrogens with one attached hydrogen (secondary N) is 2. The molecule has 0 spiro atoms. The smallest absolute Gasteiger partial charge is 0.187 e. The Bertz CT molecular complexity index is 847. The van der Waals surface area contributed by atoms with E-state index in [1.807, 2.05) is 42.5 Å². The average Bonchev–Trinajstić information content (AvgIpc) is 2.98. The number of benzene rings is 2. The van der Waals surface area contributed by atoms with E-state index in [0.717, 1.165) is 11.1 Å². The fourth-order valence-corrected chi connectivity index (χ4v) is 2.43. The van der Waals surface area contributed by atoms with E-state index in [1.165, 1.54) is 0 Å². The van der Waals surface area contributed by atoms with Crippen molar-refractivity contribution in [2.24, 2.45) is 0 Å². The highest BCUT2D eigenvalue weighted by Crippen LogP contribution is 2.32. The maximum atomic E-state index is 5.34. The Morgan fingerprint density at radius 2 is 1.74 bits per heavy atom. The first kappa shape index (κ1) is 15.1. The predicted octanol–water partition coefficient (Wildman–Crippen LogP) is 3.65. The molecule has 0 fully saturated rings. The molecule has 118 valence electrons. The van der Waals surface area contributed by atoms with Crippen LogP contribution in [0.1, 0.15) is 0 Å². The number of para-hydroxylation sites is 2. The number of methoxy groups -OCH3 is 2. The van der Waals surface area contributed by atoms with E-state index in [-0.39, 0.29) is 0 Å². The number of ether oxygens (including phenoxy) is 2. The van der Waals surface area contributed by atoms with Gasteiger partial charge in [0.2, 0.25) is 0 Å². The van der Waals surface area contributed by atoms with Crippen LogP contribution >= 0.6 is 12.2 Å². The van der Waals surface area contributed by atoms with Gasteiger partial charge < -0.3 is 24.6 Å². The van der Waals surface area contributed by atoms with E-state index in [1.54, 1.807) is 14.2 Å². The highest BCUT2D eigenvalue weighted by Gasteiger charge is 2.14. The molecule has 0 saturated heterocycles. The van der Waals surface area contributed by atoms with Crippen molar-refractivity contribution in [3.05, 3.63) is 42.5 Å². The van der Waals surface area contributed by atoms with Gasteiger partial charge in [0, 0.05) is 0 Å². The van der Waals surface area contributed by atoms with Crippen LogP contribution in [-0.4, -0.2) is 24.5 Å². The van der Waals surface area contributed by atoms with Crippen LogP contribution in [0.15, 0.2) is 47.0 Å². The zero-order valence-electron chi connectivity index (χ0n) is 12.6. The first-order chi connectivity index (χ1) is 11.2. The van der Waals surface area contributed by atoms with E-state index in [2.05, 4.69) is 15.8 Å². The molecule has 23 heavy (non-hydrogen) atoms. The van der Waals surface area contributed by atoms with Crippen LogP contribution in [0.2, 0.25) is 0 Å². The van der Waals surface area contributed by atoms with E-state index in [4.69, 9.17) is 26.2 Å². The lowest BCUT2D eigenvalue weighted by molar-refractivity contribution is 0.417. The highest BCUT2D eigenvalue weighted by atomic mass is 32.1. The van der Waals surface area contributed by atoms with Gasteiger partial charge in [-0.05, 0) is 36.5 Å². The molecule has 0 saturated carbocycles. The Morgan fingerprint density at radius 3 is 2.52 bits per heavy atom. The molecule has 3 aromatic rings. The van der Waals surface area contributed by atoms with Gasteiger partial charge in [0.15, 0.2) is 16.5 Å². The maximum absolute atomic E-state index is 5.34. The molecular formula is C16H15N3O3S. The van der Waals surface area contributed by atoms with Crippen molar-refractivity contribution in [3.63, 3.8) is 0 Å². The minimum atomic E-state index is 0.371. The second-order valence-corrected chi connectivity index (χ2v) is 5.05. The average molecular weight is 329 g/mol. The minimum absolute atomic E-state index is 0.371.